The van der Waals surface area contributed by atoms with Crippen LogP contribution < -0.4 is 10.6 Å². The van der Waals surface area contributed by atoms with Gasteiger partial charge in [0.1, 0.15) is 0 Å². The number of aliphatic imine (C=N–C) groups is 1. The minimum absolute atomic E-state index is 0.495. The fourth-order valence-electron chi connectivity index (χ4n) is 3.51. The number of nitrogens with zero attached hydrogens (tertiary/aromatic N) is 3. The summed E-state index contributed by atoms with van der Waals surface area (Å²) in [5.41, 5.74) is 0. The van der Waals surface area contributed by atoms with Crippen LogP contribution >= 0.6 is 0 Å². The Labute approximate surface area is 136 Å². The summed E-state index contributed by atoms with van der Waals surface area (Å²) in [5, 5.41) is 7.06. The van der Waals surface area contributed by atoms with E-state index in [1.165, 1.54) is 64.8 Å². The maximum Gasteiger partial charge on any atom is 0.191 e. The molecule has 0 saturated carbocycles. The van der Waals surface area contributed by atoms with E-state index in [2.05, 4.69) is 39.3 Å². The first-order chi connectivity index (χ1) is 10.7. The first-order valence-electron chi connectivity index (χ1n) is 9.16. The number of piperazine rings is 3. The molecule has 3 heterocycles. The van der Waals surface area contributed by atoms with Crippen LogP contribution in [0.4, 0.5) is 0 Å². The minimum Gasteiger partial charge on any atom is -0.355 e. The highest BCUT2D eigenvalue weighted by Gasteiger charge is 2.31. The summed E-state index contributed by atoms with van der Waals surface area (Å²) in [6.45, 7) is 11.7. The molecule has 2 bridgehead atoms. The Balaban J connectivity index is 1.64. The minimum atomic E-state index is 0.495. The third kappa shape index (κ3) is 5.43. The number of hydrogen-bond acceptors (Lipinski definition) is 3. The first kappa shape index (κ1) is 17.5. The highest BCUT2D eigenvalue weighted by atomic mass is 15.4. The number of hydrogen-bond donors (Lipinski definition) is 2. The van der Waals surface area contributed by atoms with E-state index in [9.17, 15) is 0 Å². The van der Waals surface area contributed by atoms with Crippen LogP contribution in [-0.4, -0.2) is 74.2 Å². The van der Waals surface area contributed by atoms with Crippen molar-refractivity contribution in [1.29, 1.82) is 0 Å². The molecule has 22 heavy (non-hydrogen) atoms. The molecule has 0 aromatic heterocycles. The predicted octanol–water partition coefficient (Wildman–Crippen LogP) is 1.51. The monoisotopic (exact) mass is 309 g/mol. The molecule has 3 saturated heterocycles. The van der Waals surface area contributed by atoms with Crippen LogP contribution in [0.2, 0.25) is 0 Å². The molecule has 0 amide bonds. The highest BCUT2D eigenvalue weighted by molar-refractivity contribution is 5.79. The Bertz CT molecular complexity index is 336. The molecule has 2 N–H and O–H groups in total. The van der Waals surface area contributed by atoms with Gasteiger partial charge >= 0.3 is 0 Å². The smallest absolute Gasteiger partial charge is 0.191 e. The molecule has 2 unspecified atom stereocenters. The van der Waals surface area contributed by atoms with Crippen LogP contribution in [0.1, 0.15) is 46.0 Å². The Hall–Kier alpha value is -0.810. The molecule has 5 nitrogen and oxygen atoms in total. The lowest BCUT2D eigenvalue weighted by Crippen LogP contribution is -2.64. The lowest BCUT2D eigenvalue weighted by molar-refractivity contribution is 0.0154. The summed E-state index contributed by atoms with van der Waals surface area (Å²) in [7, 11) is 1.87. The van der Waals surface area contributed by atoms with Gasteiger partial charge in [0.25, 0.3) is 0 Å². The zero-order chi connectivity index (χ0) is 15.8. The largest absolute Gasteiger partial charge is 0.355 e. The van der Waals surface area contributed by atoms with Crippen LogP contribution in [0.25, 0.3) is 0 Å². The topological polar surface area (TPSA) is 42.9 Å². The van der Waals surface area contributed by atoms with Gasteiger partial charge in [-0.05, 0) is 13.3 Å². The van der Waals surface area contributed by atoms with E-state index in [1.807, 2.05) is 7.05 Å². The van der Waals surface area contributed by atoms with E-state index in [4.69, 9.17) is 0 Å². The zero-order valence-corrected chi connectivity index (χ0v) is 14.8. The van der Waals surface area contributed by atoms with E-state index in [-0.39, 0.29) is 0 Å². The average molecular weight is 310 g/mol. The van der Waals surface area contributed by atoms with Gasteiger partial charge in [0.05, 0.1) is 0 Å². The van der Waals surface area contributed by atoms with Crippen LogP contribution in [0.5, 0.6) is 0 Å². The summed E-state index contributed by atoms with van der Waals surface area (Å²) >= 11 is 0. The quantitative estimate of drug-likeness (QED) is 0.405. The summed E-state index contributed by atoms with van der Waals surface area (Å²) < 4.78 is 0. The third-order valence-corrected chi connectivity index (χ3v) is 4.99. The van der Waals surface area contributed by atoms with Gasteiger partial charge in [-0.2, -0.15) is 0 Å². The second kappa shape index (κ2) is 9.36. The lowest BCUT2D eigenvalue weighted by atomic mass is 10.1. The number of rotatable bonds is 8. The summed E-state index contributed by atoms with van der Waals surface area (Å²) in [6.07, 6.45) is 6.55. The van der Waals surface area contributed by atoms with Crippen molar-refractivity contribution in [2.45, 2.75) is 58.0 Å². The molecule has 3 rings (SSSR count). The molecule has 3 fully saturated rings. The van der Waals surface area contributed by atoms with Gasteiger partial charge < -0.3 is 10.6 Å². The lowest BCUT2D eigenvalue weighted by Gasteiger charge is -2.47. The van der Waals surface area contributed by atoms with Crippen LogP contribution in [0.3, 0.4) is 0 Å². The number of guanidine groups is 1. The molecular formula is C17H35N5. The number of fused-ring (bicyclic) bond motifs is 3. The van der Waals surface area contributed by atoms with Crippen LogP contribution in [0.15, 0.2) is 4.99 Å². The molecule has 0 aliphatic carbocycles. The van der Waals surface area contributed by atoms with Gasteiger partial charge in [0, 0.05) is 58.4 Å². The summed E-state index contributed by atoms with van der Waals surface area (Å²) in [6, 6.07) is 1.14. The predicted molar refractivity (Wildman–Crippen MR) is 94.5 cm³/mol. The molecule has 3 aliphatic heterocycles. The van der Waals surface area contributed by atoms with E-state index in [1.54, 1.807) is 0 Å². The third-order valence-electron chi connectivity index (χ3n) is 4.99. The fraction of sp³-hybridized carbons (Fsp3) is 0.941. The molecular weight excluding hydrogens is 274 g/mol. The molecule has 0 aromatic carbocycles. The molecule has 3 aliphatic rings. The Morgan fingerprint density at radius 1 is 1.18 bits per heavy atom. The zero-order valence-electron chi connectivity index (χ0n) is 14.8. The molecule has 5 heteroatoms. The van der Waals surface area contributed by atoms with Gasteiger partial charge in [-0.15, -0.1) is 0 Å². The fourth-order valence-corrected chi connectivity index (χ4v) is 3.51. The second-order valence-corrected chi connectivity index (χ2v) is 6.84. The molecule has 0 aromatic rings. The standard InChI is InChI=1S/C17H35N5/c1-4-5-6-7-8-15(2)20-17(18-3)19-13-16-14-21-9-11-22(16)12-10-21/h15-16H,4-14H2,1-3H3,(H2,18,19,20). The van der Waals surface area contributed by atoms with Crippen molar-refractivity contribution >= 4 is 5.96 Å². The van der Waals surface area contributed by atoms with E-state index >= 15 is 0 Å². The van der Waals surface area contributed by atoms with Gasteiger partial charge in [-0.25, -0.2) is 0 Å². The Kier molecular flexibility index (Phi) is 7.46. The maximum atomic E-state index is 4.38. The van der Waals surface area contributed by atoms with Crippen LogP contribution in [-0.2, 0) is 0 Å². The SMILES string of the molecule is CCCCCCC(C)NC(=NC)NCC1CN2CCN1CC2. The van der Waals surface area contributed by atoms with Crippen molar-refractivity contribution < 1.29 is 0 Å². The van der Waals surface area contributed by atoms with Gasteiger partial charge in [-0.3, -0.25) is 14.8 Å². The van der Waals surface area contributed by atoms with Crippen molar-refractivity contribution in [1.82, 2.24) is 20.4 Å². The van der Waals surface area contributed by atoms with Crippen molar-refractivity contribution in [3.8, 4) is 0 Å². The van der Waals surface area contributed by atoms with E-state index < -0.39 is 0 Å². The van der Waals surface area contributed by atoms with E-state index in [0.29, 0.717) is 12.1 Å². The van der Waals surface area contributed by atoms with Gasteiger partial charge in [0.15, 0.2) is 5.96 Å². The van der Waals surface area contributed by atoms with E-state index in [0.717, 1.165) is 12.5 Å². The molecule has 0 spiro atoms. The normalized spacial score (nSPS) is 29.4. The number of unbranched alkanes of at least 4 members (excludes halogenated alkanes) is 3. The summed E-state index contributed by atoms with van der Waals surface area (Å²) in [5.74, 6) is 0.959. The average Bonchev–Trinajstić information content (AvgIpc) is 2.56. The van der Waals surface area contributed by atoms with Crippen molar-refractivity contribution in [2.24, 2.45) is 4.99 Å². The van der Waals surface area contributed by atoms with Crippen molar-refractivity contribution in [2.75, 3.05) is 46.3 Å². The Morgan fingerprint density at radius 2 is 1.95 bits per heavy atom. The molecule has 2 atom stereocenters. The second-order valence-electron chi connectivity index (χ2n) is 6.84. The van der Waals surface area contributed by atoms with Crippen molar-refractivity contribution in [3.05, 3.63) is 0 Å². The van der Waals surface area contributed by atoms with Crippen molar-refractivity contribution in [3.63, 3.8) is 0 Å². The number of nitrogens with one attached hydrogen (secondary N) is 2. The summed E-state index contributed by atoms with van der Waals surface area (Å²) in [4.78, 5) is 9.58. The molecule has 0 radical (unpaired) electrons. The maximum absolute atomic E-state index is 4.38. The van der Waals surface area contributed by atoms with Gasteiger partial charge in [-0.1, -0.05) is 32.6 Å². The van der Waals surface area contributed by atoms with Crippen LogP contribution in [0, 0.1) is 0 Å². The first-order valence-corrected chi connectivity index (χ1v) is 9.16. The van der Waals surface area contributed by atoms with Gasteiger partial charge in [0.2, 0.25) is 0 Å². The molecule has 128 valence electrons. The highest BCUT2D eigenvalue weighted by Crippen LogP contribution is 2.14. The Morgan fingerprint density at radius 3 is 2.55 bits per heavy atom.